The Morgan fingerprint density at radius 3 is 2.48 bits per heavy atom. The van der Waals surface area contributed by atoms with Gasteiger partial charge in [-0.3, -0.25) is 5.10 Å². The van der Waals surface area contributed by atoms with Gasteiger partial charge in [0.1, 0.15) is 12.4 Å². The van der Waals surface area contributed by atoms with E-state index in [1.807, 2.05) is 12.1 Å². The lowest BCUT2D eigenvalue weighted by molar-refractivity contribution is 0.178. The smallest absolute Gasteiger partial charge is 0.161 e. The molecule has 0 spiro atoms. The summed E-state index contributed by atoms with van der Waals surface area (Å²) >= 11 is 0. The van der Waals surface area contributed by atoms with Gasteiger partial charge in [-0.2, -0.15) is 5.10 Å². The monoisotopic (exact) mass is 287 g/mol. The van der Waals surface area contributed by atoms with Gasteiger partial charge in [-0.1, -0.05) is 25.0 Å². The molecule has 0 atom stereocenters. The van der Waals surface area contributed by atoms with Gasteiger partial charge in [0.05, 0.1) is 12.5 Å². The molecule has 0 amide bonds. The van der Waals surface area contributed by atoms with Crippen LogP contribution < -0.4 is 4.74 Å². The maximum Gasteiger partial charge on any atom is 0.161 e. The van der Waals surface area contributed by atoms with Crippen molar-refractivity contribution >= 4 is 0 Å². The van der Waals surface area contributed by atoms with E-state index in [0.717, 1.165) is 30.2 Å². The average molecular weight is 287 g/mol. The number of benzene rings is 1. The van der Waals surface area contributed by atoms with E-state index in [9.17, 15) is 0 Å². The van der Waals surface area contributed by atoms with Gasteiger partial charge in [0, 0.05) is 7.11 Å². The molecule has 1 aliphatic rings. The zero-order valence-electron chi connectivity index (χ0n) is 12.6. The molecule has 2 aromatic rings. The molecule has 1 aromatic heterocycles. The van der Waals surface area contributed by atoms with Crippen molar-refractivity contribution in [1.82, 2.24) is 15.2 Å². The van der Waals surface area contributed by atoms with Crippen LogP contribution in [0.3, 0.4) is 0 Å². The highest BCUT2D eigenvalue weighted by molar-refractivity contribution is 5.38. The van der Waals surface area contributed by atoms with Crippen LogP contribution in [0, 0.1) is 0 Å². The average Bonchev–Trinajstić information content (AvgIpc) is 3.17. The number of aromatic amines is 1. The number of rotatable bonds is 5. The summed E-state index contributed by atoms with van der Waals surface area (Å²) in [6.07, 6.45) is 4.59. The molecule has 1 heterocycles. The maximum atomic E-state index is 5.25. The molecule has 5 heteroatoms. The summed E-state index contributed by atoms with van der Waals surface area (Å²) in [5, 5.41) is 7.45. The summed E-state index contributed by atoms with van der Waals surface area (Å²) in [4.78, 5) is 4.65. The third-order valence-electron chi connectivity index (χ3n) is 4.34. The van der Waals surface area contributed by atoms with E-state index in [1.165, 1.54) is 18.4 Å². The van der Waals surface area contributed by atoms with Crippen molar-refractivity contribution in [2.24, 2.45) is 0 Å². The van der Waals surface area contributed by atoms with Crippen LogP contribution in [0.15, 0.2) is 24.3 Å². The van der Waals surface area contributed by atoms with Gasteiger partial charge in [0.15, 0.2) is 11.6 Å². The fraction of sp³-hybridized carbons (Fsp3) is 0.500. The molecule has 1 aliphatic carbocycles. The molecule has 112 valence electrons. The Hall–Kier alpha value is -1.88. The van der Waals surface area contributed by atoms with E-state index < -0.39 is 0 Å². The van der Waals surface area contributed by atoms with E-state index in [0.29, 0.717) is 6.61 Å². The summed E-state index contributed by atoms with van der Waals surface area (Å²) in [5.74, 6) is 2.55. The van der Waals surface area contributed by atoms with Crippen LogP contribution in [0.5, 0.6) is 5.75 Å². The number of nitrogens with zero attached hydrogens (tertiary/aromatic N) is 2. The predicted octanol–water partition coefficient (Wildman–Crippen LogP) is 2.82. The molecule has 1 saturated carbocycles. The molecule has 1 fully saturated rings. The number of methoxy groups -OCH3 is 2. The van der Waals surface area contributed by atoms with E-state index in [4.69, 9.17) is 9.47 Å². The van der Waals surface area contributed by atoms with Crippen LogP contribution in [0.4, 0.5) is 0 Å². The second-order valence-corrected chi connectivity index (χ2v) is 5.56. The number of aromatic nitrogens is 3. The topological polar surface area (TPSA) is 60.0 Å². The molecule has 0 unspecified atom stereocenters. The van der Waals surface area contributed by atoms with E-state index in [2.05, 4.69) is 27.3 Å². The summed E-state index contributed by atoms with van der Waals surface area (Å²) in [7, 11) is 3.35. The number of hydrogen-bond donors (Lipinski definition) is 1. The lowest BCUT2D eigenvalue weighted by Crippen LogP contribution is -2.25. The normalized spacial score (nSPS) is 17.0. The SMILES string of the molecule is COCc1nc(C2(c3ccc(OC)cc3)CCCC2)n[nH]1. The molecule has 0 aliphatic heterocycles. The van der Waals surface area contributed by atoms with Gasteiger partial charge < -0.3 is 9.47 Å². The lowest BCUT2D eigenvalue weighted by atomic mass is 9.78. The minimum Gasteiger partial charge on any atom is -0.497 e. The molecule has 5 nitrogen and oxygen atoms in total. The van der Waals surface area contributed by atoms with Crippen molar-refractivity contribution in [3.05, 3.63) is 41.5 Å². The Morgan fingerprint density at radius 1 is 1.14 bits per heavy atom. The number of H-pyrrole nitrogens is 1. The largest absolute Gasteiger partial charge is 0.497 e. The number of nitrogens with one attached hydrogen (secondary N) is 1. The van der Waals surface area contributed by atoms with Crippen molar-refractivity contribution in [2.45, 2.75) is 37.7 Å². The highest BCUT2D eigenvalue weighted by Crippen LogP contribution is 2.45. The first-order valence-electron chi connectivity index (χ1n) is 7.34. The molecule has 0 saturated heterocycles. The lowest BCUT2D eigenvalue weighted by Gasteiger charge is -2.26. The fourth-order valence-corrected chi connectivity index (χ4v) is 3.24. The van der Waals surface area contributed by atoms with E-state index in [1.54, 1.807) is 14.2 Å². The van der Waals surface area contributed by atoms with Gasteiger partial charge in [0.25, 0.3) is 0 Å². The van der Waals surface area contributed by atoms with Gasteiger partial charge in [-0.15, -0.1) is 0 Å². The Bertz CT molecular complexity index is 586. The first kappa shape index (κ1) is 14.1. The summed E-state index contributed by atoms with van der Waals surface area (Å²) in [6.45, 7) is 0.464. The predicted molar refractivity (Wildman–Crippen MR) is 79.3 cm³/mol. The van der Waals surface area contributed by atoms with Gasteiger partial charge >= 0.3 is 0 Å². The van der Waals surface area contributed by atoms with Crippen LogP contribution in [-0.2, 0) is 16.8 Å². The highest BCUT2D eigenvalue weighted by Gasteiger charge is 2.40. The minimum atomic E-state index is -0.0746. The Labute approximate surface area is 124 Å². The third-order valence-corrected chi connectivity index (χ3v) is 4.34. The van der Waals surface area contributed by atoms with Crippen LogP contribution in [-0.4, -0.2) is 29.4 Å². The third kappa shape index (κ3) is 2.53. The van der Waals surface area contributed by atoms with Crippen molar-refractivity contribution in [3.8, 4) is 5.75 Å². The van der Waals surface area contributed by atoms with Gasteiger partial charge in [-0.25, -0.2) is 4.98 Å². The van der Waals surface area contributed by atoms with Gasteiger partial charge in [0.2, 0.25) is 0 Å². The van der Waals surface area contributed by atoms with Crippen LogP contribution in [0.2, 0.25) is 0 Å². The minimum absolute atomic E-state index is 0.0746. The van der Waals surface area contributed by atoms with Crippen molar-refractivity contribution in [2.75, 3.05) is 14.2 Å². The maximum absolute atomic E-state index is 5.25. The number of ether oxygens (including phenoxy) is 2. The molecular weight excluding hydrogens is 266 g/mol. The van der Waals surface area contributed by atoms with Crippen molar-refractivity contribution in [1.29, 1.82) is 0 Å². The Kier molecular flexibility index (Phi) is 3.92. The van der Waals surface area contributed by atoms with Gasteiger partial charge in [-0.05, 0) is 30.5 Å². The fourth-order valence-electron chi connectivity index (χ4n) is 3.24. The highest BCUT2D eigenvalue weighted by atomic mass is 16.5. The molecule has 0 bridgehead atoms. The van der Waals surface area contributed by atoms with Crippen molar-refractivity contribution in [3.63, 3.8) is 0 Å². The zero-order valence-corrected chi connectivity index (χ0v) is 12.6. The van der Waals surface area contributed by atoms with Crippen LogP contribution >= 0.6 is 0 Å². The summed E-state index contributed by atoms with van der Waals surface area (Å²) in [5.41, 5.74) is 1.19. The quantitative estimate of drug-likeness (QED) is 0.918. The molecule has 0 radical (unpaired) electrons. The molecule has 3 rings (SSSR count). The second kappa shape index (κ2) is 5.85. The molecule has 1 N–H and O–H groups in total. The zero-order chi connectivity index (χ0) is 14.7. The standard InChI is InChI=1S/C16H21N3O2/c1-20-11-14-17-15(19-18-14)16(9-3-4-10-16)12-5-7-13(21-2)8-6-12/h5-8H,3-4,9-11H2,1-2H3,(H,17,18,19). The molecule has 21 heavy (non-hydrogen) atoms. The van der Waals surface area contributed by atoms with Crippen LogP contribution in [0.25, 0.3) is 0 Å². The Morgan fingerprint density at radius 2 is 1.86 bits per heavy atom. The van der Waals surface area contributed by atoms with E-state index >= 15 is 0 Å². The van der Waals surface area contributed by atoms with Crippen LogP contribution in [0.1, 0.15) is 42.9 Å². The van der Waals surface area contributed by atoms with E-state index in [-0.39, 0.29) is 5.41 Å². The first-order valence-corrected chi connectivity index (χ1v) is 7.34. The second-order valence-electron chi connectivity index (χ2n) is 5.56. The Balaban J connectivity index is 1.97. The number of hydrogen-bond acceptors (Lipinski definition) is 4. The molecule has 1 aromatic carbocycles. The molecular formula is C16H21N3O2. The summed E-state index contributed by atoms with van der Waals surface area (Å²) in [6, 6.07) is 8.29. The first-order chi connectivity index (χ1) is 10.3. The van der Waals surface area contributed by atoms with Crippen molar-refractivity contribution < 1.29 is 9.47 Å². The summed E-state index contributed by atoms with van der Waals surface area (Å²) < 4.78 is 10.4.